The SMILES string of the molecule is O=C(O)CC1CNc2ccccc2C1=O. The Kier molecular flexibility index (Phi) is 2.41. The predicted molar refractivity (Wildman–Crippen MR) is 55.0 cm³/mol. The van der Waals surface area contributed by atoms with Crippen LogP contribution in [0.5, 0.6) is 0 Å². The van der Waals surface area contributed by atoms with Crippen molar-refractivity contribution in [3.8, 4) is 0 Å². The monoisotopic (exact) mass is 205 g/mol. The summed E-state index contributed by atoms with van der Waals surface area (Å²) >= 11 is 0. The molecule has 0 bridgehead atoms. The molecular formula is C11H11NO3. The van der Waals surface area contributed by atoms with Gasteiger partial charge in [-0.1, -0.05) is 12.1 Å². The van der Waals surface area contributed by atoms with Crippen molar-refractivity contribution in [2.24, 2.45) is 5.92 Å². The summed E-state index contributed by atoms with van der Waals surface area (Å²) in [4.78, 5) is 22.4. The van der Waals surface area contributed by atoms with Crippen molar-refractivity contribution in [2.75, 3.05) is 11.9 Å². The summed E-state index contributed by atoms with van der Waals surface area (Å²) in [7, 11) is 0. The van der Waals surface area contributed by atoms with E-state index in [1.165, 1.54) is 0 Å². The molecular weight excluding hydrogens is 194 g/mol. The second-order valence-electron chi connectivity index (χ2n) is 3.59. The maximum absolute atomic E-state index is 11.8. The molecule has 1 aliphatic heterocycles. The number of benzene rings is 1. The van der Waals surface area contributed by atoms with Gasteiger partial charge in [-0.15, -0.1) is 0 Å². The Labute approximate surface area is 86.9 Å². The highest BCUT2D eigenvalue weighted by atomic mass is 16.4. The molecule has 0 aromatic heterocycles. The fourth-order valence-electron chi connectivity index (χ4n) is 1.77. The number of carboxylic acids is 1. The summed E-state index contributed by atoms with van der Waals surface area (Å²) in [6.45, 7) is 0.405. The minimum absolute atomic E-state index is 0.0771. The second-order valence-corrected chi connectivity index (χ2v) is 3.59. The fraction of sp³-hybridized carbons (Fsp3) is 0.273. The predicted octanol–water partition coefficient (Wildman–Crippen LogP) is 1.39. The third-order valence-electron chi connectivity index (χ3n) is 2.52. The first-order chi connectivity index (χ1) is 7.18. The molecule has 0 fully saturated rings. The van der Waals surface area contributed by atoms with Gasteiger partial charge in [-0.25, -0.2) is 0 Å². The zero-order valence-corrected chi connectivity index (χ0v) is 8.06. The molecule has 0 aliphatic carbocycles. The molecule has 4 nitrogen and oxygen atoms in total. The average molecular weight is 205 g/mol. The number of aliphatic carboxylic acids is 1. The third-order valence-corrected chi connectivity index (χ3v) is 2.52. The Hall–Kier alpha value is -1.84. The van der Waals surface area contributed by atoms with Crippen LogP contribution in [0.25, 0.3) is 0 Å². The molecule has 0 radical (unpaired) electrons. The second kappa shape index (κ2) is 3.73. The summed E-state index contributed by atoms with van der Waals surface area (Å²) in [5.74, 6) is -1.46. The molecule has 1 unspecified atom stereocenters. The van der Waals surface area contributed by atoms with Crippen LogP contribution in [0.2, 0.25) is 0 Å². The number of para-hydroxylation sites is 1. The quantitative estimate of drug-likeness (QED) is 0.765. The number of ketones is 1. The van der Waals surface area contributed by atoms with Crippen molar-refractivity contribution < 1.29 is 14.7 Å². The molecule has 1 atom stereocenters. The molecule has 0 saturated heterocycles. The van der Waals surface area contributed by atoms with Gasteiger partial charge in [0.15, 0.2) is 5.78 Å². The highest BCUT2D eigenvalue weighted by Gasteiger charge is 2.28. The van der Waals surface area contributed by atoms with E-state index in [0.29, 0.717) is 12.1 Å². The molecule has 15 heavy (non-hydrogen) atoms. The first-order valence-electron chi connectivity index (χ1n) is 4.77. The van der Waals surface area contributed by atoms with E-state index >= 15 is 0 Å². The summed E-state index contributed by atoms with van der Waals surface area (Å²) in [5, 5.41) is 11.7. The fourth-order valence-corrected chi connectivity index (χ4v) is 1.77. The van der Waals surface area contributed by atoms with E-state index in [1.807, 2.05) is 12.1 Å². The van der Waals surface area contributed by atoms with Crippen LogP contribution >= 0.6 is 0 Å². The van der Waals surface area contributed by atoms with E-state index in [2.05, 4.69) is 5.32 Å². The zero-order chi connectivity index (χ0) is 10.8. The maximum atomic E-state index is 11.8. The number of fused-ring (bicyclic) bond motifs is 1. The Morgan fingerprint density at radius 2 is 2.20 bits per heavy atom. The molecule has 1 aliphatic rings. The van der Waals surface area contributed by atoms with Crippen LogP contribution in [-0.4, -0.2) is 23.4 Å². The largest absolute Gasteiger partial charge is 0.481 e. The number of nitrogens with one attached hydrogen (secondary N) is 1. The average Bonchev–Trinajstić information content (AvgIpc) is 2.22. The molecule has 4 heteroatoms. The van der Waals surface area contributed by atoms with Gasteiger partial charge in [-0.2, -0.15) is 0 Å². The van der Waals surface area contributed by atoms with Gasteiger partial charge in [0, 0.05) is 17.8 Å². The van der Waals surface area contributed by atoms with E-state index in [1.54, 1.807) is 12.1 Å². The smallest absolute Gasteiger partial charge is 0.304 e. The van der Waals surface area contributed by atoms with Crippen molar-refractivity contribution in [3.63, 3.8) is 0 Å². The Morgan fingerprint density at radius 1 is 1.47 bits per heavy atom. The van der Waals surface area contributed by atoms with Gasteiger partial charge < -0.3 is 10.4 Å². The molecule has 2 N–H and O–H groups in total. The lowest BCUT2D eigenvalue weighted by molar-refractivity contribution is -0.137. The number of Topliss-reactive ketones (excluding diaryl/α,β-unsaturated/α-hetero) is 1. The van der Waals surface area contributed by atoms with E-state index in [-0.39, 0.29) is 12.2 Å². The van der Waals surface area contributed by atoms with Gasteiger partial charge in [0.25, 0.3) is 0 Å². The number of carbonyl (C=O) groups is 2. The van der Waals surface area contributed by atoms with E-state index in [0.717, 1.165) is 5.69 Å². The van der Waals surface area contributed by atoms with Gasteiger partial charge in [0.2, 0.25) is 0 Å². The van der Waals surface area contributed by atoms with Gasteiger partial charge in [0.1, 0.15) is 0 Å². The Balaban J connectivity index is 2.26. The lowest BCUT2D eigenvalue weighted by Crippen LogP contribution is -2.31. The molecule has 2 rings (SSSR count). The van der Waals surface area contributed by atoms with E-state index in [9.17, 15) is 9.59 Å². The van der Waals surface area contributed by atoms with E-state index in [4.69, 9.17) is 5.11 Å². The number of carbonyl (C=O) groups excluding carboxylic acids is 1. The minimum Gasteiger partial charge on any atom is -0.481 e. The molecule has 0 spiro atoms. The number of hydrogen-bond acceptors (Lipinski definition) is 3. The van der Waals surface area contributed by atoms with Crippen LogP contribution in [0.15, 0.2) is 24.3 Å². The highest BCUT2D eigenvalue weighted by Crippen LogP contribution is 2.25. The number of hydrogen-bond donors (Lipinski definition) is 2. The minimum atomic E-state index is -0.936. The van der Waals surface area contributed by atoms with Crippen LogP contribution in [-0.2, 0) is 4.79 Å². The Morgan fingerprint density at radius 3 is 2.93 bits per heavy atom. The molecule has 1 aromatic carbocycles. The molecule has 1 aromatic rings. The highest BCUT2D eigenvalue weighted by molar-refractivity contribution is 6.05. The summed E-state index contributed by atoms with van der Waals surface area (Å²) < 4.78 is 0. The molecule has 78 valence electrons. The van der Waals surface area contributed by atoms with Crippen molar-refractivity contribution in [2.45, 2.75) is 6.42 Å². The summed E-state index contributed by atoms with van der Waals surface area (Å²) in [5.41, 5.74) is 1.39. The molecule has 0 amide bonds. The lowest BCUT2D eigenvalue weighted by atomic mass is 9.90. The van der Waals surface area contributed by atoms with Crippen molar-refractivity contribution in [3.05, 3.63) is 29.8 Å². The van der Waals surface area contributed by atoms with Crippen LogP contribution in [0, 0.1) is 5.92 Å². The summed E-state index contributed by atoms with van der Waals surface area (Å²) in [6, 6.07) is 7.17. The third kappa shape index (κ3) is 1.83. The number of carboxylic acid groups (broad SMARTS) is 1. The first kappa shape index (κ1) is 9.71. The van der Waals surface area contributed by atoms with Gasteiger partial charge in [-0.05, 0) is 12.1 Å². The number of rotatable bonds is 2. The van der Waals surface area contributed by atoms with Crippen molar-refractivity contribution >= 4 is 17.4 Å². The van der Waals surface area contributed by atoms with Crippen molar-refractivity contribution in [1.82, 2.24) is 0 Å². The van der Waals surface area contributed by atoms with Gasteiger partial charge >= 0.3 is 5.97 Å². The molecule has 0 saturated carbocycles. The topological polar surface area (TPSA) is 66.4 Å². The summed E-state index contributed by atoms with van der Waals surface area (Å²) in [6.07, 6.45) is -0.111. The maximum Gasteiger partial charge on any atom is 0.304 e. The van der Waals surface area contributed by atoms with Crippen LogP contribution < -0.4 is 5.32 Å². The van der Waals surface area contributed by atoms with Crippen LogP contribution in [0.1, 0.15) is 16.8 Å². The van der Waals surface area contributed by atoms with Crippen molar-refractivity contribution in [1.29, 1.82) is 0 Å². The standard InChI is InChI=1S/C11H11NO3/c13-10(14)5-7-6-12-9-4-2-1-3-8(9)11(7)15/h1-4,7,12H,5-6H2,(H,13,14). The Bertz CT molecular complexity index is 414. The lowest BCUT2D eigenvalue weighted by Gasteiger charge is -2.23. The van der Waals surface area contributed by atoms with Crippen LogP contribution in [0.4, 0.5) is 5.69 Å². The first-order valence-corrected chi connectivity index (χ1v) is 4.77. The number of anilines is 1. The van der Waals surface area contributed by atoms with E-state index < -0.39 is 11.9 Å². The zero-order valence-electron chi connectivity index (χ0n) is 8.06. The van der Waals surface area contributed by atoms with Gasteiger partial charge in [0.05, 0.1) is 12.3 Å². The molecule has 1 heterocycles. The van der Waals surface area contributed by atoms with Gasteiger partial charge in [-0.3, -0.25) is 9.59 Å². The normalized spacial score (nSPS) is 19.2. The van der Waals surface area contributed by atoms with Crippen LogP contribution in [0.3, 0.4) is 0 Å².